The Balaban J connectivity index is 1.37. The van der Waals surface area contributed by atoms with Gasteiger partial charge in [0.15, 0.2) is 27.4 Å². The van der Waals surface area contributed by atoms with Gasteiger partial charge in [-0.05, 0) is 25.1 Å². The minimum absolute atomic E-state index is 0.0347. The Hall–Kier alpha value is -3.33. The van der Waals surface area contributed by atoms with E-state index < -0.39 is 27.7 Å². The Morgan fingerprint density at radius 3 is 2.65 bits per heavy atom. The average molecular weight is 443 g/mol. The number of aromatic amines is 1. The molecule has 1 N–H and O–H groups in total. The third kappa shape index (κ3) is 4.41. The van der Waals surface area contributed by atoms with Gasteiger partial charge in [0.25, 0.3) is 0 Å². The van der Waals surface area contributed by atoms with Crippen LogP contribution in [0.5, 0.6) is 11.5 Å². The van der Waals surface area contributed by atoms with Gasteiger partial charge < -0.3 is 19.2 Å². The molecule has 2 heterocycles. The van der Waals surface area contributed by atoms with E-state index in [1.165, 1.54) is 25.1 Å². The second-order valence-corrected chi connectivity index (χ2v) is 9.23. The van der Waals surface area contributed by atoms with E-state index in [1.807, 2.05) is 18.2 Å². The normalized spacial score (nSPS) is 14.2. The minimum atomic E-state index is -3.74. The second-order valence-electron chi connectivity index (χ2n) is 7.12. The zero-order valence-electron chi connectivity index (χ0n) is 16.8. The quantitative estimate of drug-likeness (QED) is 0.441. The molecule has 0 amide bonds. The van der Waals surface area contributed by atoms with E-state index >= 15 is 0 Å². The van der Waals surface area contributed by atoms with Gasteiger partial charge in [-0.15, -0.1) is 0 Å². The molecule has 1 aliphatic heterocycles. The number of hydrogen-bond donors (Lipinski definition) is 1. The molecule has 0 radical (unpaired) electrons. The molecule has 9 heteroatoms. The molecule has 8 nitrogen and oxygen atoms in total. The summed E-state index contributed by atoms with van der Waals surface area (Å²) in [5.41, 5.74) is 1.22. The number of carbonyl (C=O) groups is 2. The van der Waals surface area contributed by atoms with Crippen LogP contribution in [0.25, 0.3) is 10.9 Å². The molecule has 1 aliphatic rings. The molecule has 0 saturated heterocycles. The fourth-order valence-corrected chi connectivity index (χ4v) is 4.59. The second kappa shape index (κ2) is 8.43. The number of carbonyl (C=O) groups excluding carboxylic acids is 2. The number of H-pyrrole nitrogens is 1. The molecule has 1 atom stereocenters. The molecule has 3 aromatic rings. The zero-order chi connectivity index (χ0) is 22.0. The standard InChI is InChI=1S/C22H21NO7S/c1-14(22(25)17-13-23-18-5-3-2-4-16(17)18)30-21(24)8-11-31(26,27)15-6-7-19-20(12-15)29-10-9-28-19/h2-7,12-14,23H,8-11H2,1H3/t14-/m0/s1. The van der Waals surface area contributed by atoms with Crippen LogP contribution in [0.1, 0.15) is 23.7 Å². The summed E-state index contributed by atoms with van der Waals surface area (Å²) in [7, 11) is -3.74. The molecule has 0 aliphatic carbocycles. The van der Waals surface area contributed by atoms with E-state index in [-0.39, 0.29) is 17.1 Å². The van der Waals surface area contributed by atoms with Gasteiger partial charge >= 0.3 is 5.97 Å². The molecule has 0 fully saturated rings. The number of sulfone groups is 1. The highest BCUT2D eigenvalue weighted by Gasteiger charge is 2.25. The van der Waals surface area contributed by atoms with Gasteiger partial charge in [0.05, 0.1) is 17.1 Å². The SMILES string of the molecule is C[C@H](OC(=O)CCS(=O)(=O)c1ccc2c(c1)OCCO2)C(=O)c1c[nH]c2ccccc12. The fraction of sp³-hybridized carbons (Fsp3) is 0.273. The van der Waals surface area contributed by atoms with Gasteiger partial charge in [-0.1, -0.05) is 18.2 Å². The smallest absolute Gasteiger partial charge is 0.307 e. The molecular formula is C22H21NO7S. The Morgan fingerprint density at radius 2 is 1.84 bits per heavy atom. The van der Waals surface area contributed by atoms with E-state index in [9.17, 15) is 18.0 Å². The number of aromatic nitrogens is 1. The van der Waals surface area contributed by atoms with Crippen molar-refractivity contribution in [2.24, 2.45) is 0 Å². The number of Topliss-reactive ketones (excluding diaryl/α,β-unsaturated/α-hetero) is 1. The molecule has 162 valence electrons. The first kappa shape index (κ1) is 20.9. The van der Waals surface area contributed by atoms with Crippen molar-refractivity contribution in [2.75, 3.05) is 19.0 Å². The maximum Gasteiger partial charge on any atom is 0.307 e. The number of ketones is 1. The summed E-state index contributed by atoms with van der Waals surface area (Å²) in [6.07, 6.45) is 0.162. The topological polar surface area (TPSA) is 112 Å². The molecule has 4 rings (SSSR count). The van der Waals surface area contributed by atoms with Gasteiger partial charge in [0, 0.05) is 28.7 Å². The molecule has 0 spiro atoms. The van der Waals surface area contributed by atoms with E-state index in [2.05, 4.69) is 4.98 Å². The fourth-order valence-electron chi connectivity index (χ4n) is 3.36. The number of esters is 1. The van der Waals surface area contributed by atoms with Crippen molar-refractivity contribution in [3.8, 4) is 11.5 Å². The van der Waals surface area contributed by atoms with Gasteiger partial charge in [0.2, 0.25) is 5.78 Å². The van der Waals surface area contributed by atoms with Gasteiger partial charge in [-0.25, -0.2) is 8.42 Å². The van der Waals surface area contributed by atoms with E-state index in [1.54, 1.807) is 12.3 Å². The van der Waals surface area contributed by atoms with Crippen LogP contribution >= 0.6 is 0 Å². The van der Waals surface area contributed by atoms with Crippen LogP contribution in [-0.4, -0.2) is 50.2 Å². The summed E-state index contributed by atoms with van der Waals surface area (Å²) in [6, 6.07) is 11.6. The number of para-hydroxylation sites is 1. The maximum absolute atomic E-state index is 12.7. The van der Waals surface area contributed by atoms with Crippen molar-refractivity contribution < 1.29 is 32.2 Å². The Bertz CT molecular complexity index is 1250. The Labute approximate surface area is 179 Å². The predicted molar refractivity (Wildman–Crippen MR) is 112 cm³/mol. The summed E-state index contributed by atoms with van der Waals surface area (Å²) in [5, 5.41) is 0.733. The molecule has 1 aromatic heterocycles. The van der Waals surface area contributed by atoms with E-state index in [0.29, 0.717) is 30.3 Å². The lowest BCUT2D eigenvalue weighted by Crippen LogP contribution is -2.25. The number of ether oxygens (including phenoxy) is 3. The highest BCUT2D eigenvalue weighted by atomic mass is 32.2. The number of hydrogen-bond acceptors (Lipinski definition) is 7. The molecule has 0 unspecified atom stereocenters. The minimum Gasteiger partial charge on any atom is -0.486 e. The van der Waals surface area contributed by atoms with Crippen LogP contribution < -0.4 is 9.47 Å². The summed E-state index contributed by atoms with van der Waals surface area (Å²) >= 11 is 0. The monoisotopic (exact) mass is 443 g/mol. The summed E-state index contributed by atoms with van der Waals surface area (Å²) < 4.78 is 41.2. The lowest BCUT2D eigenvalue weighted by atomic mass is 10.1. The van der Waals surface area contributed by atoms with Gasteiger partial charge in [-0.2, -0.15) is 0 Å². The number of rotatable bonds is 7. The van der Waals surface area contributed by atoms with E-state index in [0.717, 1.165) is 10.9 Å². The third-order valence-electron chi connectivity index (χ3n) is 4.98. The highest BCUT2D eigenvalue weighted by Crippen LogP contribution is 2.32. The lowest BCUT2D eigenvalue weighted by molar-refractivity contribution is -0.145. The summed E-state index contributed by atoms with van der Waals surface area (Å²) in [5.74, 6) is -0.733. The van der Waals surface area contributed by atoms with Crippen LogP contribution in [-0.2, 0) is 19.4 Å². The number of fused-ring (bicyclic) bond motifs is 2. The first-order valence-corrected chi connectivity index (χ1v) is 11.4. The summed E-state index contributed by atoms with van der Waals surface area (Å²) in [6.45, 7) is 2.21. The van der Waals surface area contributed by atoms with Crippen molar-refractivity contribution in [1.29, 1.82) is 0 Å². The van der Waals surface area contributed by atoms with Crippen molar-refractivity contribution in [1.82, 2.24) is 4.98 Å². The van der Waals surface area contributed by atoms with Crippen LogP contribution in [0.3, 0.4) is 0 Å². The molecule has 2 aromatic carbocycles. The van der Waals surface area contributed by atoms with Crippen LogP contribution in [0.15, 0.2) is 53.6 Å². The number of nitrogens with one attached hydrogen (secondary N) is 1. The largest absolute Gasteiger partial charge is 0.486 e. The molecule has 31 heavy (non-hydrogen) atoms. The Morgan fingerprint density at radius 1 is 1.10 bits per heavy atom. The first-order valence-electron chi connectivity index (χ1n) is 9.77. The van der Waals surface area contributed by atoms with Gasteiger partial charge in [-0.3, -0.25) is 9.59 Å². The van der Waals surface area contributed by atoms with Crippen LogP contribution in [0, 0.1) is 0 Å². The summed E-state index contributed by atoms with van der Waals surface area (Å²) in [4.78, 5) is 27.9. The van der Waals surface area contributed by atoms with Crippen molar-refractivity contribution >= 4 is 32.5 Å². The van der Waals surface area contributed by atoms with Crippen molar-refractivity contribution in [3.63, 3.8) is 0 Å². The average Bonchev–Trinajstić information content (AvgIpc) is 3.21. The van der Waals surface area contributed by atoms with Crippen molar-refractivity contribution in [3.05, 3.63) is 54.2 Å². The predicted octanol–water partition coefficient (Wildman–Crippen LogP) is 2.92. The van der Waals surface area contributed by atoms with E-state index in [4.69, 9.17) is 14.2 Å². The zero-order valence-corrected chi connectivity index (χ0v) is 17.6. The van der Waals surface area contributed by atoms with Gasteiger partial charge in [0.1, 0.15) is 13.2 Å². The molecule has 0 saturated carbocycles. The van der Waals surface area contributed by atoms with Crippen LogP contribution in [0.4, 0.5) is 0 Å². The molecular weight excluding hydrogens is 422 g/mol. The molecule has 0 bridgehead atoms. The highest BCUT2D eigenvalue weighted by molar-refractivity contribution is 7.91. The number of benzene rings is 2. The Kier molecular flexibility index (Phi) is 5.69. The maximum atomic E-state index is 12.7. The van der Waals surface area contributed by atoms with Crippen LogP contribution in [0.2, 0.25) is 0 Å². The first-order chi connectivity index (χ1) is 14.8. The lowest BCUT2D eigenvalue weighted by Gasteiger charge is -2.18. The third-order valence-corrected chi connectivity index (χ3v) is 6.69. The van der Waals surface area contributed by atoms with Crippen molar-refractivity contribution in [2.45, 2.75) is 24.3 Å².